The normalized spacial score (nSPS) is 45.3. The molecule has 0 aliphatic carbocycles. The third-order valence-corrected chi connectivity index (χ3v) is 6.66. The Morgan fingerprint density at radius 3 is 3.00 bits per heavy atom. The molecule has 6 nitrogen and oxygen atoms in total. The Bertz CT molecular complexity index is 850. The Hall–Kier alpha value is -2.18. The van der Waals surface area contributed by atoms with E-state index in [0.717, 1.165) is 17.7 Å². The van der Waals surface area contributed by atoms with Gasteiger partial charge in [0, 0.05) is 23.8 Å². The topological polar surface area (TPSA) is 76.1 Å². The molecule has 128 valence electrons. The lowest BCUT2D eigenvalue weighted by Gasteiger charge is -2.43. The van der Waals surface area contributed by atoms with Crippen LogP contribution in [0.5, 0.6) is 0 Å². The fraction of sp³-hybridized carbons (Fsp3) is 0.474. The highest BCUT2D eigenvalue weighted by molar-refractivity contribution is 6.04. The van der Waals surface area contributed by atoms with Gasteiger partial charge in [-0.1, -0.05) is 30.4 Å². The Morgan fingerprint density at radius 1 is 1.32 bits per heavy atom. The molecule has 6 rings (SSSR count). The SMILES string of the molecule is O=C(O)[C@H]1[C@H]2C(=O)N3c4ccccc4[C@@H]4OCC[C@H]4[C@H]3[C@@]23C=C[C@H]1O3. The van der Waals surface area contributed by atoms with Gasteiger partial charge < -0.3 is 19.5 Å². The minimum atomic E-state index is -0.957. The lowest BCUT2D eigenvalue weighted by atomic mass is 9.70. The largest absolute Gasteiger partial charge is 0.481 e. The molecule has 25 heavy (non-hydrogen) atoms. The highest BCUT2D eigenvalue weighted by atomic mass is 16.5. The number of aliphatic carboxylic acids is 1. The molecule has 5 aliphatic rings. The van der Waals surface area contributed by atoms with Crippen LogP contribution in [0.15, 0.2) is 36.4 Å². The lowest BCUT2D eigenvalue weighted by molar-refractivity contribution is -0.146. The van der Waals surface area contributed by atoms with Crippen LogP contribution in [0.4, 0.5) is 5.69 Å². The van der Waals surface area contributed by atoms with Crippen molar-refractivity contribution < 1.29 is 24.2 Å². The zero-order valence-electron chi connectivity index (χ0n) is 13.4. The molecular formula is C19H17NO5. The van der Waals surface area contributed by atoms with Crippen molar-refractivity contribution in [3.63, 3.8) is 0 Å². The van der Waals surface area contributed by atoms with Crippen LogP contribution in [0.1, 0.15) is 18.1 Å². The summed E-state index contributed by atoms with van der Waals surface area (Å²) < 4.78 is 12.2. The summed E-state index contributed by atoms with van der Waals surface area (Å²) in [6.07, 6.45) is 4.07. The molecule has 5 aliphatic heterocycles. The van der Waals surface area contributed by atoms with Gasteiger partial charge in [0.1, 0.15) is 11.5 Å². The summed E-state index contributed by atoms with van der Waals surface area (Å²) in [6, 6.07) is 7.61. The maximum Gasteiger partial charge on any atom is 0.310 e. The molecule has 6 heteroatoms. The number of nitrogens with zero attached hydrogens (tertiary/aromatic N) is 1. The number of carbonyl (C=O) groups excluding carboxylic acids is 1. The summed E-state index contributed by atoms with van der Waals surface area (Å²) in [5.74, 6) is -2.42. The van der Waals surface area contributed by atoms with Gasteiger partial charge in [-0.15, -0.1) is 0 Å². The molecule has 3 fully saturated rings. The molecule has 0 saturated carbocycles. The van der Waals surface area contributed by atoms with Gasteiger partial charge in [-0.25, -0.2) is 0 Å². The standard InChI is InChI=1S/C19H17NO5/c21-17-14-13(18(22)23)12-5-7-19(14,25-12)16-10-6-8-24-15(10)9-3-1-2-4-11(9)20(16)17/h1-5,7,10,12-16H,6,8H2,(H,22,23)/t10-,12-,13-,14+,15+,16+,19-/m1/s1. The number of anilines is 1. The van der Waals surface area contributed by atoms with E-state index in [1.54, 1.807) is 0 Å². The van der Waals surface area contributed by atoms with E-state index in [1.165, 1.54) is 0 Å². The molecule has 0 unspecified atom stereocenters. The van der Waals surface area contributed by atoms with Crippen molar-refractivity contribution in [3.8, 4) is 0 Å². The van der Waals surface area contributed by atoms with E-state index in [9.17, 15) is 14.7 Å². The molecule has 0 radical (unpaired) electrons. The van der Waals surface area contributed by atoms with Crippen LogP contribution < -0.4 is 4.90 Å². The van der Waals surface area contributed by atoms with E-state index in [2.05, 4.69) is 0 Å². The van der Waals surface area contributed by atoms with Gasteiger partial charge in [-0.3, -0.25) is 9.59 Å². The number of fused-ring (bicyclic) bond motifs is 7. The highest BCUT2D eigenvalue weighted by Crippen LogP contribution is 2.62. The number of rotatable bonds is 1. The van der Waals surface area contributed by atoms with Crippen molar-refractivity contribution in [2.75, 3.05) is 11.5 Å². The van der Waals surface area contributed by atoms with Crippen LogP contribution >= 0.6 is 0 Å². The number of carboxylic acids is 1. The van der Waals surface area contributed by atoms with Crippen molar-refractivity contribution in [2.45, 2.75) is 30.3 Å². The van der Waals surface area contributed by atoms with Gasteiger partial charge in [-0.05, 0) is 12.5 Å². The van der Waals surface area contributed by atoms with Gasteiger partial charge in [0.15, 0.2) is 0 Å². The number of carbonyl (C=O) groups is 2. The van der Waals surface area contributed by atoms with E-state index in [1.807, 2.05) is 41.3 Å². The maximum atomic E-state index is 13.4. The number of ether oxygens (including phenoxy) is 2. The van der Waals surface area contributed by atoms with Crippen molar-refractivity contribution in [2.24, 2.45) is 17.8 Å². The molecule has 1 spiro atoms. The van der Waals surface area contributed by atoms with Crippen LogP contribution in [-0.4, -0.2) is 41.3 Å². The molecule has 5 heterocycles. The number of carboxylic acid groups (broad SMARTS) is 1. The third kappa shape index (κ3) is 1.42. The fourth-order valence-electron chi connectivity index (χ4n) is 5.86. The Labute approximate surface area is 144 Å². The second-order valence-electron chi connectivity index (χ2n) is 7.59. The molecule has 1 aromatic rings. The lowest BCUT2D eigenvalue weighted by Crippen LogP contribution is -2.53. The second kappa shape index (κ2) is 4.31. The van der Waals surface area contributed by atoms with E-state index >= 15 is 0 Å². The molecule has 0 aromatic heterocycles. The Morgan fingerprint density at radius 2 is 2.16 bits per heavy atom. The quantitative estimate of drug-likeness (QED) is 0.785. The van der Waals surface area contributed by atoms with E-state index in [0.29, 0.717) is 6.61 Å². The summed E-state index contributed by atoms with van der Waals surface area (Å²) in [5, 5.41) is 9.70. The molecule has 7 atom stereocenters. The van der Waals surface area contributed by atoms with E-state index < -0.39 is 29.5 Å². The first-order valence-corrected chi connectivity index (χ1v) is 8.77. The minimum absolute atomic E-state index is 0.0571. The smallest absolute Gasteiger partial charge is 0.310 e. The van der Waals surface area contributed by atoms with E-state index in [-0.39, 0.29) is 24.0 Å². The summed E-state index contributed by atoms with van der Waals surface area (Å²) in [5.41, 5.74) is 1.03. The van der Waals surface area contributed by atoms with Gasteiger partial charge in [-0.2, -0.15) is 0 Å². The van der Waals surface area contributed by atoms with Crippen LogP contribution in [0, 0.1) is 17.8 Å². The van der Waals surface area contributed by atoms with Gasteiger partial charge in [0.2, 0.25) is 5.91 Å². The Kier molecular flexibility index (Phi) is 2.42. The van der Waals surface area contributed by atoms with Gasteiger partial charge in [0.05, 0.1) is 24.2 Å². The third-order valence-electron chi connectivity index (χ3n) is 6.66. The number of hydrogen-bond acceptors (Lipinski definition) is 4. The first-order valence-electron chi connectivity index (χ1n) is 8.77. The predicted octanol–water partition coefficient (Wildman–Crippen LogP) is 1.52. The Balaban J connectivity index is 1.59. The first-order chi connectivity index (χ1) is 12.1. The summed E-state index contributed by atoms with van der Waals surface area (Å²) in [6.45, 7) is 0.651. The summed E-state index contributed by atoms with van der Waals surface area (Å²) in [4.78, 5) is 27.0. The van der Waals surface area contributed by atoms with Crippen molar-refractivity contribution in [3.05, 3.63) is 42.0 Å². The maximum absolute atomic E-state index is 13.4. The molecule has 1 aromatic carbocycles. The minimum Gasteiger partial charge on any atom is -0.481 e. The van der Waals surface area contributed by atoms with Gasteiger partial charge in [0.25, 0.3) is 0 Å². The fourth-order valence-corrected chi connectivity index (χ4v) is 5.86. The van der Waals surface area contributed by atoms with E-state index in [4.69, 9.17) is 9.47 Å². The highest BCUT2D eigenvalue weighted by Gasteiger charge is 2.74. The average Bonchev–Trinajstić information content (AvgIpc) is 3.35. The number of benzene rings is 1. The van der Waals surface area contributed by atoms with Gasteiger partial charge >= 0.3 is 5.97 Å². The first kappa shape index (κ1) is 14.0. The molecule has 3 saturated heterocycles. The molecule has 1 amide bonds. The second-order valence-corrected chi connectivity index (χ2v) is 7.59. The monoisotopic (exact) mass is 339 g/mol. The number of hydrogen-bond donors (Lipinski definition) is 1. The van der Waals surface area contributed by atoms with Crippen LogP contribution in [0.25, 0.3) is 0 Å². The van der Waals surface area contributed by atoms with Crippen LogP contribution in [-0.2, 0) is 19.1 Å². The summed E-state index contributed by atoms with van der Waals surface area (Å²) >= 11 is 0. The average molecular weight is 339 g/mol. The zero-order valence-corrected chi connectivity index (χ0v) is 13.4. The predicted molar refractivity (Wildman–Crippen MR) is 85.9 cm³/mol. The molecule has 1 N–H and O–H groups in total. The van der Waals surface area contributed by atoms with Crippen LogP contribution in [0.3, 0.4) is 0 Å². The molecule has 2 bridgehead atoms. The zero-order chi connectivity index (χ0) is 16.9. The van der Waals surface area contributed by atoms with Crippen molar-refractivity contribution in [1.29, 1.82) is 0 Å². The number of para-hydroxylation sites is 1. The van der Waals surface area contributed by atoms with Crippen molar-refractivity contribution >= 4 is 17.6 Å². The number of amides is 1. The van der Waals surface area contributed by atoms with Crippen molar-refractivity contribution in [1.82, 2.24) is 0 Å². The molecular weight excluding hydrogens is 322 g/mol. The summed E-state index contributed by atoms with van der Waals surface area (Å²) in [7, 11) is 0. The van der Waals surface area contributed by atoms with Crippen LogP contribution in [0.2, 0.25) is 0 Å².